The molecule has 1 aliphatic carbocycles. The largest absolute Gasteiger partial charge is 0.506 e. The second-order valence-electron chi connectivity index (χ2n) is 13.4. The molecule has 4 fully saturated rings. The van der Waals surface area contributed by atoms with Crippen molar-refractivity contribution in [2.75, 3.05) is 45.9 Å². The highest BCUT2D eigenvalue weighted by atomic mass is 16.5. The molecule has 9 nitrogen and oxygen atoms in total. The number of hydrogen-bond donors (Lipinski definition) is 5. The number of aromatic amines is 1. The number of pyridine rings is 1. The minimum atomic E-state index is -0.937. The zero-order valence-electron chi connectivity index (χ0n) is 25.8. The number of piperidine rings is 3. The lowest BCUT2D eigenvalue weighted by Crippen LogP contribution is -2.65. The average Bonchev–Trinajstić information content (AvgIpc) is 3.60. The first-order valence-electron chi connectivity index (χ1n) is 16.4. The van der Waals surface area contributed by atoms with Gasteiger partial charge in [-0.15, -0.1) is 0 Å². The fraction of sp³-hybridized carbons (Fsp3) is 0.571. The Morgan fingerprint density at radius 3 is 2.55 bits per heavy atom. The van der Waals surface area contributed by atoms with Gasteiger partial charge in [0.1, 0.15) is 36.8 Å². The van der Waals surface area contributed by atoms with Crippen molar-refractivity contribution in [2.24, 2.45) is 11.8 Å². The van der Waals surface area contributed by atoms with Crippen molar-refractivity contribution in [2.45, 2.75) is 69.5 Å². The van der Waals surface area contributed by atoms with E-state index in [1.54, 1.807) is 12.1 Å². The minimum Gasteiger partial charge on any atom is -0.506 e. The van der Waals surface area contributed by atoms with Crippen molar-refractivity contribution in [3.05, 3.63) is 76.1 Å². The van der Waals surface area contributed by atoms with Crippen LogP contribution in [0.1, 0.15) is 62.7 Å². The lowest BCUT2D eigenvalue weighted by atomic mass is 9.80. The van der Waals surface area contributed by atoms with Gasteiger partial charge in [0.15, 0.2) is 0 Å². The van der Waals surface area contributed by atoms with Crippen LogP contribution in [-0.4, -0.2) is 83.1 Å². The van der Waals surface area contributed by atoms with E-state index >= 15 is 0 Å². The van der Waals surface area contributed by atoms with Gasteiger partial charge in [0.25, 0.3) is 0 Å². The maximum atomic E-state index is 12.0. The molecule has 0 amide bonds. The first kappa shape index (κ1) is 31.2. The number of aromatic hydroxyl groups is 1. The second kappa shape index (κ2) is 13.3. The topological polar surface area (TPSA) is 124 Å². The molecule has 0 spiro atoms. The molecule has 4 aliphatic rings. The van der Waals surface area contributed by atoms with Crippen molar-refractivity contribution in [1.82, 2.24) is 10.3 Å². The second-order valence-corrected chi connectivity index (χ2v) is 13.4. The quantitative estimate of drug-likeness (QED) is 0.148. The number of fused-ring (bicyclic) bond motifs is 4. The van der Waals surface area contributed by atoms with Gasteiger partial charge in [-0.05, 0) is 48.9 Å². The number of benzene rings is 2. The number of hydrogen-bond acceptors (Lipinski definition) is 7. The Morgan fingerprint density at radius 1 is 1.05 bits per heavy atom. The Morgan fingerprint density at radius 2 is 1.80 bits per heavy atom. The number of ether oxygens (including phenoxy) is 2. The van der Waals surface area contributed by atoms with Crippen molar-refractivity contribution in [3.8, 4) is 5.75 Å². The van der Waals surface area contributed by atoms with Gasteiger partial charge in [-0.25, -0.2) is 0 Å². The molecule has 1 saturated carbocycles. The van der Waals surface area contributed by atoms with Crippen LogP contribution in [0.5, 0.6) is 5.75 Å². The van der Waals surface area contributed by atoms with E-state index in [0.717, 1.165) is 61.9 Å². The summed E-state index contributed by atoms with van der Waals surface area (Å²) in [5.41, 5.74) is 0.683. The van der Waals surface area contributed by atoms with Crippen LogP contribution in [0.2, 0.25) is 0 Å². The maximum Gasteiger partial charge on any atom is 0.248 e. The van der Waals surface area contributed by atoms with E-state index in [2.05, 4.69) is 10.3 Å². The summed E-state index contributed by atoms with van der Waals surface area (Å²) < 4.78 is 13.8. The number of aliphatic hydroxyl groups is 2. The molecule has 1 aromatic heterocycles. The van der Waals surface area contributed by atoms with Gasteiger partial charge in [-0.2, -0.15) is 0 Å². The number of phenols is 1. The highest BCUT2D eigenvalue weighted by molar-refractivity contribution is 5.87. The van der Waals surface area contributed by atoms with E-state index in [4.69, 9.17) is 9.47 Å². The number of aromatic nitrogens is 1. The van der Waals surface area contributed by atoms with Crippen LogP contribution in [0.4, 0.5) is 0 Å². The fourth-order valence-electron chi connectivity index (χ4n) is 7.94. The smallest absolute Gasteiger partial charge is 0.248 e. The third-order valence-corrected chi connectivity index (χ3v) is 10.7. The number of quaternary nitrogens is 1. The zero-order valence-corrected chi connectivity index (χ0v) is 25.8. The Balaban J connectivity index is 1.00. The minimum absolute atomic E-state index is 0.0270. The molecule has 0 radical (unpaired) electrons. The molecule has 2 aromatic carbocycles. The molecule has 4 heterocycles. The normalized spacial score (nSPS) is 26.5. The number of aliphatic hydroxyl groups excluding tert-OH is 1. The highest BCUT2D eigenvalue weighted by Crippen LogP contribution is 2.42. The molecular weight excluding hydrogens is 558 g/mol. The first-order chi connectivity index (χ1) is 21.3. The van der Waals surface area contributed by atoms with E-state index in [1.165, 1.54) is 25.0 Å². The molecule has 3 aliphatic heterocycles. The average molecular weight is 607 g/mol. The molecular formula is C35H48N3O6+. The van der Waals surface area contributed by atoms with Crippen molar-refractivity contribution < 1.29 is 29.3 Å². The standard InChI is InChI=1S/C35H47N3O6/c1-24(36-21-31(40)28-11-13-30(39)34-29(28)12-14-33(41)37-34)43-20-19-38-17-15-25(16-18-38)32(22-38)44-23-35(42,27-9-5-6-10-27)26-7-3-2-4-8-26/h2-4,7-8,11-14,24-25,27,31-32,36,40,42H,5-6,9-10,15-23H2,1H3,(H-,37,39,41)/p+1/t24?,25?,31-,32-,35+,38?/m0/s1. The molecule has 1 unspecified atom stereocenters. The molecule has 238 valence electrons. The van der Waals surface area contributed by atoms with Crippen LogP contribution in [0.15, 0.2) is 59.4 Å². The van der Waals surface area contributed by atoms with Crippen molar-refractivity contribution in [3.63, 3.8) is 0 Å². The monoisotopic (exact) mass is 606 g/mol. The summed E-state index contributed by atoms with van der Waals surface area (Å²) in [4.78, 5) is 14.4. The summed E-state index contributed by atoms with van der Waals surface area (Å²) in [6.07, 6.45) is 5.79. The van der Waals surface area contributed by atoms with Gasteiger partial charge >= 0.3 is 0 Å². The van der Waals surface area contributed by atoms with Gasteiger partial charge in [0.2, 0.25) is 5.56 Å². The van der Waals surface area contributed by atoms with E-state index in [1.807, 2.05) is 37.3 Å². The molecule has 3 aromatic rings. The van der Waals surface area contributed by atoms with Gasteiger partial charge in [0, 0.05) is 36.8 Å². The van der Waals surface area contributed by atoms with Crippen LogP contribution in [0, 0.1) is 11.8 Å². The molecule has 5 N–H and O–H groups in total. The molecule has 3 saturated heterocycles. The first-order valence-corrected chi connectivity index (χ1v) is 16.4. The van der Waals surface area contributed by atoms with Crippen LogP contribution in [0.3, 0.4) is 0 Å². The van der Waals surface area contributed by atoms with Gasteiger partial charge in [-0.1, -0.05) is 49.2 Å². The Bertz CT molecular complexity index is 1450. The molecule has 4 atom stereocenters. The number of H-pyrrole nitrogens is 1. The van der Waals surface area contributed by atoms with E-state index in [9.17, 15) is 20.1 Å². The third-order valence-electron chi connectivity index (χ3n) is 10.7. The fourth-order valence-corrected chi connectivity index (χ4v) is 7.94. The highest BCUT2D eigenvalue weighted by Gasteiger charge is 2.48. The van der Waals surface area contributed by atoms with Crippen molar-refractivity contribution in [1.29, 1.82) is 0 Å². The van der Waals surface area contributed by atoms with Gasteiger partial charge in [-0.3, -0.25) is 10.1 Å². The number of phenolic OH excluding ortho intramolecular Hbond substituents is 1. The van der Waals surface area contributed by atoms with Crippen LogP contribution >= 0.6 is 0 Å². The Kier molecular flexibility index (Phi) is 9.42. The molecule has 2 bridgehead atoms. The number of nitrogens with zero attached hydrogens (tertiary/aromatic N) is 1. The Labute approximate surface area is 259 Å². The SMILES string of the molecule is CC(NC[C@H](O)c1ccc(O)c2[nH]c(=O)ccc12)OCC[N+]12CCC(CC1)[C@@H](OC[C@@](O)(c1ccccc1)C1CCCC1)C2. The zero-order chi connectivity index (χ0) is 30.7. The molecule has 9 heteroatoms. The number of nitrogens with one attached hydrogen (secondary N) is 2. The summed E-state index contributed by atoms with van der Waals surface area (Å²) in [6.45, 7) is 7.30. The van der Waals surface area contributed by atoms with Crippen LogP contribution in [-0.2, 0) is 15.1 Å². The van der Waals surface area contributed by atoms with Gasteiger partial charge in [0.05, 0.1) is 37.9 Å². The summed E-state index contributed by atoms with van der Waals surface area (Å²) in [6, 6.07) is 16.3. The van der Waals surface area contributed by atoms with E-state index in [0.29, 0.717) is 35.6 Å². The van der Waals surface area contributed by atoms with Gasteiger partial charge < -0.3 is 34.3 Å². The predicted molar refractivity (Wildman–Crippen MR) is 169 cm³/mol. The van der Waals surface area contributed by atoms with Crippen LogP contribution < -0.4 is 10.9 Å². The van der Waals surface area contributed by atoms with E-state index < -0.39 is 11.7 Å². The third kappa shape index (κ3) is 6.59. The molecule has 44 heavy (non-hydrogen) atoms. The lowest BCUT2D eigenvalue weighted by Gasteiger charge is -2.53. The summed E-state index contributed by atoms with van der Waals surface area (Å²) in [5, 5.41) is 36.9. The maximum absolute atomic E-state index is 12.0. The number of rotatable bonds is 13. The van der Waals surface area contributed by atoms with Crippen molar-refractivity contribution >= 4 is 10.9 Å². The Hall–Kier alpha value is -2.79. The van der Waals surface area contributed by atoms with Crippen LogP contribution in [0.25, 0.3) is 10.9 Å². The molecule has 7 rings (SSSR count). The summed E-state index contributed by atoms with van der Waals surface area (Å²) >= 11 is 0. The summed E-state index contributed by atoms with van der Waals surface area (Å²) in [5.74, 6) is 0.767. The summed E-state index contributed by atoms with van der Waals surface area (Å²) in [7, 11) is 0. The lowest BCUT2D eigenvalue weighted by molar-refractivity contribution is -0.946. The van der Waals surface area contributed by atoms with E-state index in [-0.39, 0.29) is 36.1 Å². The predicted octanol–water partition coefficient (Wildman–Crippen LogP) is 3.92.